The summed E-state index contributed by atoms with van der Waals surface area (Å²) in [6, 6.07) is 5.76. The predicted molar refractivity (Wildman–Crippen MR) is 84.3 cm³/mol. The molecule has 0 atom stereocenters. The smallest absolute Gasteiger partial charge is 0.207 e. The number of nitrogens with zero attached hydrogens (tertiary/aromatic N) is 2. The molecule has 0 aliphatic rings. The Balaban J connectivity index is 2.19. The molecule has 0 saturated carbocycles. The lowest BCUT2D eigenvalue weighted by Gasteiger charge is -2.10. The van der Waals surface area contributed by atoms with Gasteiger partial charge in [0.15, 0.2) is 0 Å². The zero-order valence-corrected chi connectivity index (χ0v) is 13.4. The Labute approximate surface area is 127 Å². The van der Waals surface area contributed by atoms with Crippen LogP contribution in [0.5, 0.6) is 0 Å². The lowest BCUT2D eigenvalue weighted by molar-refractivity contribution is 0.637. The van der Waals surface area contributed by atoms with Crippen molar-refractivity contribution in [1.82, 2.24) is 9.55 Å². The van der Waals surface area contributed by atoms with Gasteiger partial charge in [-0.15, -0.1) is 0 Å². The number of unbranched alkanes of at least 4 members (excludes halogenated alkanes) is 1. The number of benzene rings is 1. The Morgan fingerprint density at radius 2 is 2.21 bits per heavy atom. The van der Waals surface area contributed by atoms with E-state index in [2.05, 4.69) is 43.9 Å². The topological polar surface area (TPSA) is 29.9 Å². The van der Waals surface area contributed by atoms with Gasteiger partial charge in [-0.05, 0) is 47.5 Å². The highest BCUT2D eigenvalue weighted by Gasteiger charge is 2.06. The van der Waals surface area contributed by atoms with E-state index in [4.69, 9.17) is 11.6 Å². The molecule has 5 heteroatoms. The normalized spacial score (nSPS) is 10.7. The van der Waals surface area contributed by atoms with E-state index in [-0.39, 0.29) is 0 Å². The van der Waals surface area contributed by atoms with E-state index in [1.54, 1.807) is 0 Å². The summed E-state index contributed by atoms with van der Waals surface area (Å²) in [6.07, 6.45) is 4.39. The molecule has 0 aliphatic carbocycles. The van der Waals surface area contributed by atoms with Crippen molar-refractivity contribution in [1.29, 1.82) is 0 Å². The summed E-state index contributed by atoms with van der Waals surface area (Å²) in [4.78, 5) is 4.51. The fourth-order valence-corrected chi connectivity index (χ4v) is 2.34. The maximum Gasteiger partial charge on any atom is 0.207 e. The lowest BCUT2D eigenvalue weighted by Crippen LogP contribution is -2.03. The second kappa shape index (κ2) is 6.44. The number of hydrogen-bond donors (Lipinski definition) is 1. The third kappa shape index (κ3) is 3.74. The summed E-state index contributed by atoms with van der Waals surface area (Å²) >= 11 is 9.42. The number of rotatable bonds is 5. The van der Waals surface area contributed by atoms with E-state index in [0.29, 0.717) is 5.02 Å². The SMILES string of the molecule is CCCCn1cc(C)nc1Nc1ccc(Cl)c(Br)c1. The fourth-order valence-electron chi connectivity index (χ4n) is 1.85. The van der Waals surface area contributed by atoms with Crippen LogP contribution in [0.15, 0.2) is 28.9 Å². The van der Waals surface area contributed by atoms with Crippen molar-refractivity contribution >= 4 is 39.2 Å². The molecule has 19 heavy (non-hydrogen) atoms. The van der Waals surface area contributed by atoms with Gasteiger partial charge in [-0.3, -0.25) is 0 Å². The zero-order chi connectivity index (χ0) is 13.8. The number of aromatic nitrogens is 2. The first-order chi connectivity index (χ1) is 9.10. The van der Waals surface area contributed by atoms with Crippen molar-refractivity contribution in [3.05, 3.63) is 39.6 Å². The number of hydrogen-bond acceptors (Lipinski definition) is 2. The average molecular weight is 343 g/mol. The fraction of sp³-hybridized carbons (Fsp3) is 0.357. The van der Waals surface area contributed by atoms with Crippen LogP contribution < -0.4 is 5.32 Å². The van der Waals surface area contributed by atoms with E-state index in [1.165, 1.54) is 6.42 Å². The average Bonchev–Trinajstić information content (AvgIpc) is 2.71. The molecule has 0 saturated heterocycles. The number of nitrogens with one attached hydrogen (secondary N) is 1. The molecule has 2 rings (SSSR count). The molecule has 3 nitrogen and oxygen atoms in total. The summed E-state index contributed by atoms with van der Waals surface area (Å²) in [6.45, 7) is 5.17. The number of aryl methyl sites for hydroxylation is 2. The highest BCUT2D eigenvalue weighted by Crippen LogP contribution is 2.27. The number of halogens is 2. The zero-order valence-electron chi connectivity index (χ0n) is 11.1. The molecule has 0 amide bonds. The van der Waals surface area contributed by atoms with Gasteiger partial charge in [0.2, 0.25) is 5.95 Å². The van der Waals surface area contributed by atoms with Gasteiger partial charge < -0.3 is 9.88 Å². The molecule has 0 unspecified atom stereocenters. The molecule has 1 aromatic carbocycles. The Morgan fingerprint density at radius 1 is 1.42 bits per heavy atom. The van der Waals surface area contributed by atoms with Crippen LogP contribution in [0.25, 0.3) is 0 Å². The Morgan fingerprint density at radius 3 is 2.89 bits per heavy atom. The standard InChI is InChI=1S/C14H17BrClN3/c1-3-4-7-19-9-10(2)17-14(19)18-11-5-6-13(16)12(15)8-11/h5-6,8-9H,3-4,7H2,1-2H3,(H,17,18). The molecule has 0 radical (unpaired) electrons. The first-order valence-electron chi connectivity index (χ1n) is 6.36. The van der Waals surface area contributed by atoms with Crippen LogP contribution in [-0.4, -0.2) is 9.55 Å². The second-order valence-electron chi connectivity index (χ2n) is 4.51. The molecule has 1 aromatic heterocycles. The monoisotopic (exact) mass is 341 g/mol. The summed E-state index contributed by atoms with van der Waals surface area (Å²) in [5, 5.41) is 4.04. The quantitative estimate of drug-likeness (QED) is 0.814. The Bertz CT molecular complexity index is 566. The van der Waals surface area contributed by atoms with Crippen LogP contribution in [-0.2, 0) is 6.54 Å². The van der Waals surface area contributed by atoms with Crippen LogP contribution in [0.1, 0.15) is 25.5 Å². The van der Waals surface area contributed by atoms with Crippen molar-refractivity contribution in [3.63, 3.8) is 0 Å². The molecule has 2 aromatic rings. The van der Waals surface area contributed by atoms with Crippen molar-refractivity contribution in [2.45, 2.75) is 33.2 Å². The van der Waals surface area contributed by atoms with Crippen molar-refractivity contribution in [2.75, 3.05) is 5.32 Å². The molecular weight excluding hydrogens is 326 g/mol. The van der Waals surface area contributed by atoms with E-state index in [1.807, 2.05) is 25.1 Å². The minimum Gasteiger partial charge on any atom is -0.326 e. The molecule has 0 fully saturated rings. The van der Waals surface area contributed by atoms with E-state index in [0.717, 1.165) is 34.8 Å². The molecule has 1 N–H and O–H groups in total. The molecule has 0 spiro atoms. The molecule has 102 valence electrons. The maximum atomic E-state index is 5.99. The van der Waals surface area contributed by atoms with Gasteiger partial charge >= 0.3 is 0 Å². The van der Waals surface area contributed by atoms with Gasteiger partial charge in [-0.2, -0.15) is 0 Å². The lowest BCUT2D eigenvalue weighted by atomic mass is 10.3. The van der Waals surface area contributed by atoms with Gasteiger partial charge in [0.1, 0.15) is 0 Å². The summed E-state index contributed by atoms with van der Waals surface area (Å²) < 4.78 is 3.03. The van der Waals surface area contributed by atoms with Crippen molar-refractivity contribution in [3.8, 4) is 0 Å². The summed E-state index contributed by atoms with van der Waals surface area (Å²) in [5.41, 5.74) is 1.99. The molecular formula is C14H17BrClN3. The third-order valence-corrected chi connectivity index (χ3v) is 4.04. The third-order valence-electron chi connectivity index (χ3n) is 2.83. The van der Waals surface area contributed by atoms with Gasteiger partial charge in [-0.1, -0.05) is 24.9 Å². The van der Waals surface area contributed by atoms with Crippen LogP contribution in [0, 0.1) is 6.92 Å². The van der Waals surface area contributed by atoms with Gasteiger partial charge in [0.25, 0.3) is 0 Å². The van der Waals surface area contributed by atoms with Crippen molar-refractivity contribution in [2.24, 2.45) is 0 Å². The van der Waals surface area contributed by atoms with Crippen LogP contribution in [0.2, 0.25) is 5.02 Å². The van der Waals surface area contributed by atoms with Crippen LogP contribution in [0.4, 0.5) is 11.6 Å². The highest BCUT2D eigenvalue weighted by molar-refractivity contribution is 9.10. The van der Waals surface area contributed by atoms with E-state index < -0.39 is 0 Å². The van der Waals surface area contributed by atoms with Gasteiger partial charge in [-0.25, -0.2) is 4.98 Å². The molecule has 1 heterocycles. The maximum absolute atomic E-state index is 5.99. The van der Waals surface area contributed by atoms with Crippen molar-refractivity contribution < 1.29 is 0 Å². The molecule has 0 aliphatic heterocycles. The molecule has 0 bridgehead atoms. The minimum absolute atomic E-state index is 0.705. The van der Waals surface area contributed by atoms with Crippen LogP contribution >= 0.6 is 27.5 Å². The number of imidazole rings is 1. The van der Waals surface area contributed by atoms with Crippen LogP contribution in [0.3, 0.4) is 0 Å². The predicted octanol–water partition coefficient (Wildman–Crippen LogP) is 5.15. The first kappa shape index (κ1) is 14.4. The second-order valence-corrected chi connectivity index (χ2v) is 5.77. The minimum atomic E-state index is 0.705. The summed E-state index contributed by atoms with van der Waals surface area (Å²) in [5.74, 6) is 0.875. The Kier molecular flexibility index (Phi) is 4.88. The van der Waals surface area contributed by atoms with E-state index in [9.17, 15) is 0 Å². The summed E-state index contributed by atoms with van der Waals surface area (Å²) in [7, 11) is 0. The largest absolute Gasteiger partial charge is 0.326 e. The van der Waals surface area contributed by atoms with Gasteiger partial charge in [0, 0.05) is 22.9 Å². The number of anilines is 2. The van der Waals surface area contributed by atoms with Gasteiger partial charge in [0.05, 0.1) is 10.7 Å². The van der Waals surface area contributed by atoms with E-state index >= 15 is 0 Å². The highest BCUT2D eigenvalue weighted by atomic mass is 79.9. The first-order valence-corrected chi connectivity index (χ1v) is 7.53. The Hall–Kier alpha value is -1.000.